The number of carboxylic acids is 1. The van der Waals surface area contributed by atoms with Crippen LogP contribution in [0.2, 0.25) is 0 Å². The highest BCUT2D eigenvalue weighted by Gasteiger charge is 2.20. The average molecular weight is 301 g/mol. The van der Waals surface area contributed by atoms with Gasteiger partial charge in [-0.25, -0.2) is 4.79 Å². The van der Waals surface area contributed by atoms with Gasteiger partial charge in [0, 0.05) is 26.2 Å². The van der Waals surface area contributed by atoms with E-state index in [4.69, 9.17) is 9.84 Å². The predicted octanol–water partition coefficient (Wildman–Crippen LogP) is 0.603. The van der Waals surface area contributed by atoms with Gasteiger partial charge in [-0.05, 0) is 32.9 Å². The molecule has 1 fully saturated rings. The summed E-state index contributed by atoms with van der Waals surface area (Å²) < 4.78 is 4.91. The van der Waals surface area contributed by atoms with Crippen LogP contribution in [0.3, 0.4) is 0 Å². The molecule has 1 rings (SSSR count). The first-order valence-corrected chi connectivity index (χ1v) is 7.51. The van der Waals surface area contributed by atoms with Crippen LogP contribution < -0.4 is 5.32 Å². The molecule has 122 valence electrons. The summed E-state index contributed by atoms with van der Waals surface area (Å²) in [6.45, 7) is 5.17. The zero-order valence-electron chi connectivity index (χ0n) is 13.0. The number of aliphatic carboxylic acids is 1. The van der Waals surface area contributed by atoms with Gasteiger partial charge in [-0.3, -0.25) is 4.79 Å². The molecule has 0 spiro atoms. The molecule has 2 N–H and O–H groups in total. The topological polar surface area (TPSA) is 82.1 Å². The van der Waals surface area contributed by atoms with Crippen LogP contribution in [-0.2, 0) is 9.53 Å². The minimum atomic E-state index is -1.02. The second-order valence-corrected chi connectivity index (χ2v) is 5.52. The van der Waals surface area contributed by atoms with Gasteiger partial charge < -0.3 is 25.0 Å². The van der Waals surface area contributed by atoms with E-state index in [0.29, 0.717) is 6.61 Å². The second kappa shape index (κ2) is 9.57. The minimum Gasteiger partial charge on any atom is -0.480 e. The molecular weight excluding hydrogens is 274 g/mol. The molecule has 7 heteroatoms. The largest absolute Gasteiger partial charge is 0.480 e. The number of carboxylic acid groups (broad SMARTS) is 1. The summed E-state index contributed by atoms with van der Waals surface area (Å²) in [6, 6.07) is -0.353. The fraction of sp³-hybridized carbons (Fsp3) is 0.857. The number of ether oxygens (including phenoxy) is 1. The van der Waals surface area contributed by atoms with Crippen molar-refractivity contribution in [3.8, 4) is 0 Å². The van der Waals surface area contributed by atoms with E-state index in [1.54, 1.807) is 0 Å². The molecule has 7 nitrogen and oxygen atoms in total. The Labute approximate surface area is 126 Å². The Morgan fingerprint density at radius 3 is 2.57 bits per heavy atom. The van der Waals surface area contributed by atoms with E-state index in [0.717, 1.165) is 19.6 Å². The fourth-order valence-electron chi connectivity index (χ4n) is 2.49. The van der Waals surface area contributed by atoms with Crippen molar-refractivity contribution in [1.82, 2.24) is 15.1 Å². The van der Waals surface area contributed by atoms with Crippen LogP contribution in [0.5, 0.6) is 0 Å². The number of nitrogens with zero attached hydrogens (tertiary/aromatic N) is 2. The second-order valence-electron chi connectivity index (χ2n) is 5.52. The zero-order valence-corrected chi connectivity index (χ0v) is 13.0. The molecule has 0 aromatic rings. The van der Waals surface area contributed by atoms with Crippen molar-refractivity contribution in [2.45, 2.75) is 32.2 Å². The molecule has 1 unspecified atom stereocenters. The first-order chi connectivity index (χ1) is 10.0. The van der Waals surface area contributed by atoms with Gasteiger partial charge in [0.2, 0.25) is 0 Å². The molecule has 1 saturated heterocycles. The third kappa shape index (κ3) is 7.29. The maximum absolute atomic E-state index is 12.1. The van der Waals surface area contributed by atoms with E-state index in [1.165, 1.54) is 31.3 Å². The van der Waals surface area contributed by atoms with Crippen molar-refractivity contribution >= 4 is 12.0 Å². The smallest absolute Gasteiger partial charge is 0.323 e. The van der Waals surface area contributed by atoms with Crippen molar-refractivity contribution < 1.29 is 19.4 Å². The Kier molecular flexibility index (Phi) is 8.07. The van der Waals surface area contributed by atoms with Crippen LogP contribution >= 0.6 is 0 Å². The van der Waals surface area contributed by atoms with Crippen molar-refractivity contribution in [2.75, 3.05) is 46.4 Å². The molecule has 1 aliphatic rings. The molecule has 1 aliphatic heterocycles. The highest BCUT2D eigenvalue weighted by atomic mass is 16.5. The number of urea groups is 1. The average Bonchev–Trinajstić information content (AvgIpc) is 2.43. The molecule has 2 amide bonds. The SMILES string of the molecule is COCCN(CC(=O)O)C(=O)NC(C)CN1CCCCC1. The molecule has 0 aromatic heterocycles. The summed E-state index contributed by atoms with van der Waals surface area (Å²) in [6.07, 6.45) is 3.69. The lowest BCUT2D eigenvalue weighted by atomic mass is 10.1. The Bertz CT molecular complexity index is 332. The van der Waals surface area contributed by atoms with Crippen LogP contribution in [0.25, 0.3) is 0 Å². The number of hydrogen-bond donors (Lipinski definition) is 2. The molecule has 0 bridgehead atoms. The Morgan fingerprint density at radius 1 is 1.33 bits per heavy atom. The Balaban J connectivity index is 2.40. The third-order valence-corrected chi connectivity index (χ3v) is 3.53. The van der Waals surface area contributed by atoms with Crippen LogP contribution in [0, 0.1) is 0 Å². The van der Waals surface area contributed by atoms with Crippen molar-refractivity contribution in [3.05, 3.63) is 0 Å². The molecule has 0 saturated carbocycles. The van der Waals surface area contributed by atoms with Crippen LogP contribution in [-0.4, -0.2) is 79.4 Å². The standard InChI is InChI=1S/C14H27N3O4/c1-12(10-16-6-4-3-5-7-16)15-14(20)17(8-9-21-2)11-13(18)19/h12H,3-11H2,1-2H3,(H,15,20)(H,18,19). The summed E-state index contributed by atoms with van der Waals surface area (Å²) in [5.41, 5.74) is 0. The van der Waals surface area contributed by atoms with Crippen LogP contribution in [0.4, 0.5) is 4.79 Å². The quantitative estimate of drug-likeness (QED) is 0.686. The lowest BCUT2D eigenvalue weighted by Crippen LogP contribution is -2.50. The summed E-state index contributed by atoms with van der Waals surface area (Å²) in [5, 5.41) is 11.7. The van der Waals surface area contributed by atoms with Gasteiger partial charge in [0.15, 0.2) is 0 Å². The molecule has 0 aromatic carbocycles. The third-order valence-electron chi connectivity index (χ3n) is 3.53. The molecule has 21 heavy (non-hydrogen) atoms. The number of hydrogen-bond acceptors (Lipinski definition) is 4. The van der Waals surface area contributed by atoms with Gasteiger partial charge in [-0.1, -0.05) is 6.42 Å². The van der Waals surface area contributed by atoms with E-state index in [9.17, 15) is 9.59 Å². The number of rotatable bonds is 8. The lowest BCUT2D eigenvalue weighted by molar-refractivity contribution is -0.137. The lowest BCUT2D eigenvalue weighted by Gasteiger charge is -2.30. The Morgan fingerprint density at radius 2 is 2.00 bits per heavy atom. The maximum atomic E-state index is 12.1. The molecule has 0 radical (unpaired) electrons. The summed E-state index contributed by atoms with van der Waals surface area (Å²) in [4.78, 5) is 26.5. The maximum Gasteiger partial charge on any atom is 0.323 e. The van der Waals surface area contributed by atoms with Gasteiger partial charge >= 0.3 is 12.0 Å². The number of carbonyl (C=O) groups is 2. The summed E-state index contributed by atoms with van der Waals surface area (Å²) in [7, 11) is 1.52. The number of methoxy groups -OCH3 is 1. The van der Waals surface area contributed by atoms with E-state index < -0.39 is 5.97 Å². The highest BCUT2D eigenvalue weighted by molar-refractivity contribution is 5.80. The van der Waals surface area contributed by atoms with E-state index >= 15 is 0 Å². The Hall–Kier alpha value is -1.34. The van der Waals surface area contributed by atoms with Crippen molar-refractivity contribution in [3.63, 3.8) is 0 Å². The van der Waals surface area contributed by atoms with Crippen molar-refractivity contribution in [2.24, 2.45) is 0 Å². The van der Waals surface area contributed by atoms with E-state index in [2.05, 4.69) is 10.2 Å². The van der Waals surface area contributed by atoms with Gasteiger partial charge in [0.05, 0.1) is 6.61 Å². The van der Waals surface area contributed by atoms with Gasteiger partial charge in [-0.2, -0.15) is 0 Å². The summed E-state index contributed by atoms with van der Waals surface area (Å²) in [5.74, 6) is -1.02. The van der Waals surface area contributed by atoms with Gasteiger partial charge in [0.1, 0.15) is 6.54 Å². The predicted molar refractivity (Wildman–Crippen MR) is 79.4 cm³/mol. The normalized spacial score (nSPS) is 17.2. The molecule has 1 atom stereocenters. The van der Waals surface area contributed by atoms with Gasteiger partial charge in [-0.15, -0.1) is 0 Å². The number of likely N-dealkylation sites (tertiary alicyclic amines) is 1. The van der Waals surface area contributed by atoms with E-state index in [-0.39, 0.29) is 25.2 Å². The number of carbonyl (C=O) groups excluding carboxylic acids is 1. The highest BCUT2D eigenvalue weighted by Crippen LogP contribution is 2.08. The number of amides is 2. The van der Waals surface area contributed by atoms with Gasteiger partial charge in [0.25, 0.3) is 0 Å². The minimum absolute atomic E-state index is 0.00515. The monoisotopic (exact) mass is 301 g/mol. The van der Waals surface area contributed by atoms with Crippen LogP contribution in [0.1, 0.15) is 26.2 Å². The molecular formula is C14H27N3O4. The molecule has 0 aliphatic carbocycles. The first-order valence-electron chi connectivity index (χ1n) is 7.51. The van der Waals surface area contributed by atoms with Crippen molar-refractivity contribution in [1.29, 1.82) is 0 Å². The van der Waals surface area contributed by atoms with E-state index in [1.807, 2.05) is 6.92 Å². The number of nitrogens with one attached hydrogen (secondary N) is 1. The fourth-order valence-corrected chi connectivity index (χ4v) is 2.49. The zero-order chi connectivity index (χ0) is 15.7. The van der Waals surface area contributed by atoms with Crippen LogP contribution in [0.15, 0.2) is 0 Å². The number of piperidine rings is 1. The summed E-state index contributed by atoms with van der Waals surface area (Å²) >= 11 is 0. The molecule has 1 heterocycles. The first kappa shape index (κ1) is 17.7.